The van der Waals surface area contributed by atoms with Crippen LogP contribution in [0.25, 0.3) is 0 Å². The Hall–Kier alpha value is -0.103. The molecule has 0 aliphatic heterocycles. The lowest BCUT2D eigenvalue weighted by molar-refractivity contribution is 0.558. The highest BCUT2D eigenvalue weighted by Crippen LogP contribution is 2.58. The van der Waals surface area contributed by atoms with Crippen LogP contribution in [-0.4, -0.2) is 31.7 Å². The molecule has 0 fully saturated rings. The smallest absolute Gasteiger partial charge is 0.118 e. The second-order valence-electron chi connectivity index (χ2n) is 10.1. The highest BCUT2D eigenvalue weighted by Gasteiger charge is 2.42. The number of rotatable bonds is 3. The van der Waals surface area contributed by atoms with Crippen molar-refractivity contribution in [2.45, 2.75) is 71.5 Å². The van der Waals surface area contributed by atoms with Crippen LogP contribution >= 0.6 is 14.3 Å². The van der Waals surface area contributed by atoms with Crippen LogP contribution in [0.2, 0.25) is 19.6 Å². The molecule has 1 aromatic carbocycles. The molecule has 0 saturated carbocycles. The van der Waals surface area contributed by atoms with E-state index in [4.69, 9.17) is 0 Å². The molecule has 0 aromatic heterocycles. The first-order valence-electron chi connectivity index (χ1n) is 8.64. The second kappa shape index (κ2) is 6.25. The van der Waals surface area contributed by atoms with Crippen molar-refractivity contribution in [1.29, 1.82) is 0 Å². The van der Waals surface area contributed by atoms with Gasteiger partial charge < -0.3 is 9.13 Å². The Bertz CT molecular complexity index is 716. The van der Waals surface area contributed by atoms with Gasteiger partial charge in [-0.3, -0.25) is 0 Å². The second-order valence-corrected chi connectivity index (χ2v) is 22.6. The maximum absolute atomic E-state index is 13.8. The molecular weight excluding hydrogens is 350 g/mol. The van der Waals surface area contributed by atoms with Crippen LogP contribution in [0.1, 0.15) is 41.5 Å². The third-order valence-corrected chi connectivity index (χ3v) is 15.3. The minimum absolute atomic E-state index is 0.347. The molecule has 2 atom stereocenters. The van der Waals surface area contributed by atoms with Crippen molar-refractivity contribution in [1.82, 2.24) is 0 Å². The predicted octanol–water partition coefficient (Wildman–Crippen LogP) is 5.07. The fraction of sp³-hybridized carbons (Fsp3) is 0.684. The van der Waals surface area contributed by atoms with Crippen LogP contribution in [0.3, 0.4) is 0 Å². The molecule has 0 amide bonds. The Morgan fingerprint density at radius 3 is 1.46 bits per heavy atom. The zero-order valence-electron chi connectivity index (χ0n) is 17.4. The van der Waals surface area contributed by atoms with E-state index in [0.717, 1.165) is 10.6 Å². The lowest BCUT2D eigenvalue weighted by atomic mass is 10.2. The Morgan fingerprint density at radius 2 is 1.12 bits per heavy atom. The highest BCUT2D eigenvalue weighted by molar-refractivity contribution is 7.78. The van der Waals surface area contributed by atoms with Crippen LogP contribution in [-0.2, 0) is 9.13 Å². The zero-order chi connectivity index (χ0) is 19.4. The molecular formula is C19H36O2P2Si. The van der Waals surface area contributed by atoms with Gasteiger partial charge in [-0.1, -0.05) is 84.6 Å². The van der Waals surface area contributed by atoms with Gasteiger partial charge in [-0.05, 0) is 13.3 Å². The fourth-order valence-corrected chi connectivity index (χ4v) is 8.05. The number of hydrogen-bond donors (Lipinski definition) is 0. The van der Waals surface area contributed by atoms with Gasteiger partial charge in [0.15, 0.2) is 0 Å². The summed E-state index contributed by atoms with van der Waals surface area (Å²) < 4.78 is 27.5. The Balaban J connectivity index is 3.89. The summed E-state index contributed by atoms with van der Waals surface area (Å²) in [5.74, 6) is 0. The lowest BCUT2D eigenvalue weighted by Gasteiger charge is -2.35. The molecule has 0 bridgehead atoms. The van der Waals surface area contributed by atoms with Crippen LogP contribution in [0, 0.1) is 0 Å². The van der Waals surface area contributed by atoms with Crippen molar-refractivity contribution in [3.8, 4) is 0 Å². The van der Waals surface area contributed by atoms with E-state index in [-0.39, 0.29) is 10.3 Å². The van der Waals surface area contributed by atoms with E-state index in [1.165, 1.54) is 5.19 Å². The summed E-state index contributed by atoms with van der Waals surface area (Å²) in [5.41, 5.74) is 0. The normalized spacial score (nSPS) is 18.8. The van der Waals surface area contributed by atoms with E-state index in [1.807, 2.05) is 60.9 Å². The topological polar surface area (TPSA) is 34.1 Å². The third-order valence-electron chi connectivity index (χ3n) is 5.32. The minimum atomic E-state index is -2.68. The van der Waals surface area contributed by atoms with Gasteiger partial charge in [-0.15, -0.1) is 0 Å². The summed E-state index contributed by atoms with van der Waals surface area (Å²) in [6.45, 7) is 22.7. The summed E-state index contributed by atoms with van der Waals surface area (Å²) in [6.07, 6.45) is 0. The molecule has 2 nitrogen and oxygen atoms in total. The summed E-state index contributed by atoms with van der Waals surface area (Å²) in [5, 5.41) is 2.24. The van der Waals surface area contributed by atoms with E-state index in [0.29, 0.717) is 0 Å². The maximum Gasteiger partial charge on any atom is 0.118 e. The molecule has 5 heteroatoms. The van der Waals surface area contributed by atoms with E-state index in [9.17, 15) is 9.13 Å². The largest absolute Gasteiger partial charge is 0.318 e. The van der Waals surface area contributed by atoms with Gasteiger partial charge in [0.2, 0.25) is 0 Å². The molecule has 0 aliphatic rings. The van der Waals surface area contributed by atoms with Crippen molar-refractivity contribution >= 4 is 38.2 Å². The Kier molecular flexibility index (Phi) is 5.72. The van der Waals surface area contributed by atoms with Gasteiger partial charge in [0.1, 0.15) is 14.3 Å². The average molecular weight is 387 g/mol. The zero-order valence-corrected chi connectivity index (χ0v) is 20.2. The monoisotopic (exact) mass is 386 g/mol. The van der Waals surface area contributed by atoms with Gasteiger partial charge in [-0.2, -0.15) is 0 Å². The molecule has 24 heavy (non-hydrogen) atoms. The van der Waals surface area contributed by atoms with E-state index >= 15 is 0 Å². The first kappa shape index (κ1) is 21.9. The van der Waals surface area contributed by atoms with Gasteiger partial charge in [0, 0.05) is 20.9 Å². The van der Waals surface area contributed by atoms with E-state index in [2.05, 4.69) is 31.8 Å². The van der Waals surface area contributed by atoms with Gasteiger partial charge >= 0.3 is 0 Å². The summed E-state index contributed by atoms with van der Waals surface area (Å²) >= 11 is 0. The number of hydrogen-bond acceptors (Lipinski definition) is 2. The van der Waals surface area contributed by atoms with Crippen LogP contribution in [0.15, 0.2) is 18.2 Å². The van der Waals surface area contributed by atoms with Gasteiger partial charge in [0.25, 0.3) is 0 Å². The highest BCUT2D eigenvalue weighted by atomic mass is 31.2. The Labute approximate surface area is 150 Å². The molecule has 0 radical (unpaired) electrons. The van der Waals surface area contributed by atoms with Crippen molar-refractivity contribution < 1.29 is 9.13 Å². The summed E-state index contributed by atoms with van der Waals surface area (Å²) in [4.78, 5) is 0. The van der Waals surface area contributed by atoms with Crippen LogP contribution in [0.4, 0.5) is 0 Å². The third kappa shape index (κ3) is 4.00. The first-order valence-corrected chi connectivity index (χ1v) is 16.5. The molecule has 0 saturated heterocycles. The van der Waals surface area contributed by atoms with Crippen molar-refractivity contribution in [2.24, 2.45) is 0 Å². The average Bonchev–Trinajstić information content (AvgIpc) is 2.34. The van der Waals surface area contributed by atoms with Crippen molar-refractivity contribution in [2.75, 3.05) is 13.3 Å². The van der Waals surface area contributed by atoms with Gasteiger partial charge in [0.05, 0.1) is 8.07 Å². The molecule has 0 heterocycles. The van der Waals surface area contributed by atoms with Gasteiger partial charge in [-0.25, -0.2) is 0 Å². The summed E-state index contributed by atoms with van der Waals surface area (Å²) in [7, 11) is -6.88. The first-order chi connectivity index (χ1) is 10.3. The number of benzene rings is 1. The molecule has 1 aromatic rings. The molecule has 0 spiro atoms. The van der Waals surface area contributed by atoms with Crippen LogP contribution in [0.5, 0.6) is 0 Å². The molecule has 1 rings (SSSR count). The summed E-state index contributed by atoms with van der Waals surface area (Å²) in [6, 6.07) is 6.25. The molecule has 2 unspecified atom stereocenters. The molecule has 0 aliphatic carbocycles. The maximum atomic E-state index is 13.8. The molecule has 138 valence electrons. The lowest BCUT2D eigenvalue weighted by Crippen LogP contribution is -2.44. The van der Waals surface area contributed by atoms with E-state index < -0.39 is 22.4 Å². The standard InChI is InChI=1S/C19H36O2P2Si/c1-18(2,3)22(7,20)16-13-12-15(24(9,10)11)14-17(16)23(8,21)19(4,5)6/h12-14H,1-11H3. The quantitative estimate of drug-likeness (QED) is 0.537. The van der Waals surface area contributed by atoms with Crippen molar-refractivity contribution in [3.63, 3.8) is 0 Å². The van der Waals surface area contributed by atoms with E-state index in [1.54, 1.807) is 0 Å². The van der Waals surface area contributed by atoms with Crippen LogP contribution < -0.4 is 15.8 Å². The Morgan fingerprint density at radius 1 is 0.750 bits per heavy atom. The predicted molar refractivity (Wildman–Crippen MR) is 115 cm³/mol. The minimum Gasteiger partial charge on any atom is -0.318 e. The SMILES string of the molecule is CC(C)(C)P(C)(=O)c1ccc([Si](C)(C)C)cc1P(C)(=O)C(C)(C)C. The fourth-order valence-electron chi connectivity index (χ4n) is 2.42. The molecule has 0 N–H and O–H groups in total. The van der Waals surface area contributed by atoms with Crippen molar-refractivity contribution in [3.05, 3.63) is 18.2 Å².